The van der Waals surface area contributed by atoms with Gasteiger partial charge in [-0.3, -0.25) is 4.79 Å². The third kappa shape index (κ3) is 3.67. The Kier molecular flexibility index (Phi) is 5.43. The molecule has 0 saturated heterocycles. The van der Waals surface area contributed by atoms with E-state index in [1.165, 1.54) is 29.3 Å². The molecule has 1 aliphatic carbocycles. The molecule has 0 unspecified atom stereocenters. The van der Waals surface area contributed by atoms with Crippen LogP contribution in [0.4, 0.5) is 0 Å². The lowest BCUT2D eigenvalue weighted by atomic mass is 10.0. The number of nitrogens with zero attached hydrogens (tertiary/aromatic N) is 4. The first-order chi connectivity index (χ1) is 13.7. The van der Waals surface area contributed by atoms with Crippen molar-refractivity contribution >= 4 is 17.5 Å². The van der Waals surface area contributed by atoms with E-state index in [0.29, 0.717) is 17.5 Å². The zero-order valence-electron chi connectivity index (χ0n) is 16.0. The molecular weight excluding hydrogens is 372 g/mol. The Morgan fingerprint density at radius 2 is 2.04 bits per heavy atom. The molecule has 1 aromatic heterocycles. The Morgan fingerprint density at radius 1 is 1.21 bits per heavy atom. The maximum absolute atomic E-state index is 13.0. The van der Waals surface area contributed by atoms with Crippen LogP contribution in [0.15, 0.2) is 47.6 Å². The number of hydrogen-bond donors (Lipinski definition) is 0. The molecule has 7 heteroatoms. The fourth-order valence-corrected chi connectivity index (χ4v) is 4.36. The molecule has 0 saturated carbocycles. The molecule has 0 spiro atoms. The predicted octanol–water partition coefficient (Wildman–Crippen LogP) is 3.91. The first-order valence-corrected chi connectivity index (χ1v) is 10.4. The van der Waals surface area contributed by atoms with Crippen molar-refractivity contribution in [1.29, 1.82) is 0 Å². The van der Waals surface area contributed by atoms with Crippen molar-refractivity contribution in [3.05, 3.63) is 59.2 Å². The van der Waals surface area contributed by atoms with E-state index in [2.05, 4.69) is 27.7 Å². The number of ether oxygens (including phenoxy) is 1. The molecule has 144 valence electrons. The number of aryl methyl sites for hydroxylation is 2. The van der Waals surface area contributed by atoms with Crippen molar-refractivity contribution < 1.29 is 9.53 Å². The van der Waals surface area contributed by atoms with Crippen LogP contribution in [0.2, 0.25) is 0 Å². The highest BCUT2D eigenvalue weighted by Gasteiger charge is 2.23. The van der Waals surface area contributed by atoms with Gasteiger partial charge in [0.2, 0.25) is 5.16 Å². The lowest BCUT2D eigenvalue weighted by molar-refractivity contribution is 0.0993. The van der Waals surface area contributed by atoms with E-state index in [4.69, 9.17) is 4.74 Å². The number of aromatic nitrogens is 4. The van der Waals surface area contributed by atoms with Gasteiger partial charge >= 0.3 is 0 Å². The molecule has 6 nitrogen and oxygen atoms in total. The second-order valence-electron chi connectivity index (χ2n) is 6.74. The average molecular weight is 395 g/mol. The number of fused-ring (bicyclic) bond motifs is 1. The second-order valence-corrected chi connectivity index (χ2v) is 8.04. The van der Waals surface area contributed by atoms with E-state index < -0.39 is 0 Å². The molecule has 0 N–H and O–H groups in total. The summed E-state index contributed by atoms with van der Waals surface area (Å²) in [6.07, 6.45) is 3.35. The summed E-state index contributed by atoms with van der Waals surface area (Å²) in [6, 6.07) is 13.7. The molecule has 0 fully saturated rings. The Balaban J connectivity index is 1.56. The van der Waals surface area contributed by atoms with Crippen LogP contribution in [0, 0.1) is 0 Å². The molecule has 0 amide bonds. The van der Waals surface area contributed by atoms with Gasteiger partial charge in [-0.1, -0.05) is 36.0 Å². The lowest BCUT2D eigenvalue weighted by Crippen LogP contribution is -2.15. The van der Waals surface area contributed by atoms with Crippen molar-refractivity contribution in [2.24, 2.45) is 0 Å². The van der Waals surface area contributed by atoms with Crippen molar-refractivity contribution in [3.8, 4) is 11.4 Å². The molecule has 3 aromatic rings. The zero-order chi connectivity index (χ0) is 19.5. The molecule has 0 aliphatic heterocycles. The first kappa shape index (κ1) is 18.7. The minimum atomic E-state index is -0.302. The van der Waals surface area contributed by atoms with Crippen LogP contribution in [0.5, 0.6) is 5.75 Å². The summed E-state index contributed by atoms with van der Waals surface area (Å²) < 4.78 is 7.31. The third-order valence-corrected chi connectivity index (χ3v) is 5.90. The van der Waals surface area contributed by atoms with Gasteiger partial charge in [0.1, 0.15) is 11.4 Å². The highest BCUT2D eigenvalue weighted by atomic mass is 32.2. The van der Waals surface area contributed by atoms with Crippen molar-refractivity contribution in [2.75, 3.05) is 6.61 Å². The summed E-state index contributed by atoms with van der Waals surface area (Å²) in [4.78, 5) is 13.0. The van der Waals surface area contributed by atoms with E-state index in [-0.39, 0.29) is 11.0 Å². The minimum Gasteiger partial charge on any atom is -0.492 e. The Morgan fingerprint density at radius 3 is 2.89 bits per heavy atom. The SMILES string of the molecule is CCOc1ccccc1-n1nnnc1S[C@H](C)C(=O)c1ccc2c(c1)CCC2. The van der Waals surface area contributed by atoms with Gasteiger partial charge < -0.3 is 4.74 Å². The summed E-state index contributed by atoms with van der Waals surface area (Å²) in [5, 5.41) is 12.3. The number of para-hydroxylation sites is 2. The summed E-state index contributed by atoms with van der Waals surface area (Å²) in [5.41, 5.74) is 4.19. The first-order valence-electron chi connectivity index (χ1n) is 9.50. The monoisotopic (exact) mass is 394 g/mol. The van der Waals surface area contributed by atoms with Crippen molar-refractivity contribution in [3.63, 3.8) is 0 Å². The number of rotatable bonds is 7. The zero-order valence-corrected chi connectivity index (χ0v) is 16.8. The number of carbonyl (C=O) groups excluding carboxylic acids is 1. The van der Waals surface area contributed by atoms with Crippen LogP contribution in [0.25, 0.3) is 5.69 Å². The fraction of sp³-hybridized carbons (Fsp3) is 0.333. The third-order valence-electron chi connectivity index (χ3n) is 4.87. The van der Waals surface area contributed by atoms with E-state index >= 15 is 0 Å². The Bertz CT molecular complexity index is 1000. The lowest BCUT2D eigenvalue weighted by Gasteiger charge is -2.13. The number of ketones is 1. The van der Waals surface area contributed by atoms with Gasteiger partial charge in [-0.05, 0) is 72.9 Å². The molecule has 28 heavy (non-hydrogen) atoms. The van der Waals surface area contributed by atoms with Gasteiger partial charge in [0.15, 0.2) is 5.78 Å². The summed E-state index contributed by atoms with van der Waals surface area (Å²) in [5.74, 6) is 0.795. The van der Waals surface area contributed by atoms with Crippen LogP contribution in [0.3, 0.4) is 0 Å². The Hall–Kier alpha value is -2.67. The standard InChI is InChI=1S/C21H22N4O2S/c1-3-27-19-10-5-4-9-18(19)25-21(22-23-24-25)28-14(2)20(26)17-12-11-15-7-6-8-16(15)13-17/h4-5,9-14H,3,6-8H2,1-2H3/t14-/m1/s1. The summed E-state index contributed by atoms with van der Waals surface area (Å²) >= 11 is 1.36. The maximum Gasteiger partial charge on any atom is 0.214 e. The fourth-order valence-electron chi connectivity index (χ4n) is 3.48. The number of tetrazole rings is 1. The number of hydrogen-bond acceptors (Lipinski definition) is 6. The number of Topliss-reactive ketones (excluding diaryl/α,β-unsaturated/α-hetero) is 1. The minimum absolute atomic E-state index is 0.0901. The van der Waals surface area contributed by atoms with Gasteiger partial charge in [-0.2, -0.15) is 4.68 Å². The molecule has 0 radical (unpaired) electrons. The highest BCUT2D eigenvalue weighted by Crippen LogP contribution is 2.30. The number of thioether (sulfide) groups is 1. The normalized spacial score (nSPS) is 13.9. The topological polar surface area (TPSA) is 69.9 Å². The molecular formula is C21H22N4O2S. The Labute approximate surface area is 168 Å². The van der Waals surface area contributed by atoms with E-state index in [1.807, 2.05) is 44.2 Å². The van der Waals surface area contributed by atoms with Gasteiger partial charge in [0.05, 0.1) is 11.9 Å². The predicted molar refractivity (Wildman–Crippen MR) is 108 cm³/mol. The second kappa shape index (κ2) is 8.14. The van der Waals surface area contributed by atoms with Gasteiger partial charge in [-0.25, -0.2) is 0 Å². The maximum atomic E-state index is 13.0. The van der Waals surface area contributed by atoms with E-state index in [0.717, 1.165) is 24.1 Å². The summed E-state index contributed by atoms with van der Waals surface area (Å²) in [7, 11) is 0. The molecule has 2 aromatic carbocycles. The number of benzene rings is 2. The van der Waals surface area contributed by atoms with E-state index in [1.54, 1.807) is 4.68 Å². The highest BCUT2D eigenvalue weighted by molar-refractivity contribution is 8.00. The average Bonchev–Trinajstić information content (AvgIpc) is 3.36. The molecule has 4 rings (SSSR count). The van der Waals surface area contributed by atoms with Crippen LogP contribution < -0.4 is 4.74 Å². The van der Waals surface area contributed by atoms with Gasteiger partial charge in [0, 0.05) is 5.56 Å². The van der Waals surface area contributed by atoms with Gasteiger partial charge in [-0.15, -0.1) is 5.10 Å². The van der Waals surface area contributed by atoms with Crippen LogP contribution >= 0.6 is 11.8 Å². The number of carbonyl (C=O) groups is 1. The van der Waals surface area contributed by atoms with E-state index in [9.17, 15) is 4.79 Å². The van der Waals surface area contributed by atoms with Crippen LogP contribution in [-0.2, 0) is 12.8 Å². The van der Waals surface area contributed by atoms with Crippen molar-refractivity contribution in [1.82, 2.24) is 20.2 Å². The molecule has 1 aliphatic rings. The smallest absolute Gasteiger partial charge is 0.214 e. The molecule has 1 heterocycles. The molecule has 1 atom stereocenters. The largest absolute Gasteiger partial charge is 0.492 e. The van der Waals surface area contributed by atoms with Crippen LogP contribution in [0.1, 0.15) is 41.8 Å². The van der Waals surface area contributed by atoms with Crippen LogP contribution in [-0.4, -0.2) is 37.8 Å². The quantitative estimate of drug-likeness (QED) is 0.447. The summed E-state index contributed by atoms with van der Waals surface area (Å²) in [6.45, 7) is 4.38. The molecule has 0 bridgehead atoms. The van der Waals surface area contributed by atoms with Crippen molar-refractivity contribution in [2.45, 2.75) is 43.5 Å². The van der Waals surface area contributed by atoms with Gasteiger partial charge in [0.25, 0.3) is 0 Å².